The number of carbonyl (C=O) groups excluding carboxylic acids is 1. The molecule has 1 saturated heterocycles. The van der Waals surface area contributed by atoms with E-state index in [9.17, 15) is 4.79 Å². The van der Waals surface area contributed by atoms with E-state index in [0.717, 1.165) is 31.5 Å². The third-order valence-electron chi connectivity index (χ3n) is 4.96. The maximum atomic E-state index is 12.8. The maximum Gasteiger partial charge on any atom is 0.262 e. The molecule has 8 nitrogen and oxygen atoms in total. The molecule has 0 aliphatic carbocycles. The lowest BCUT2D eigenvalue weighted by atomic mass is 10.1. The third kappa shape index (κ3) is 3.61. The summed E-state index contributed by atoms with van der Waals surface area (Å²) in [4.78, 5) is 19.2. The SMILES string of the molecule is Cc1onc(-c2ccncc2)c1C(=O)Nc1ccn(C2CCN(C)CC2)n1. The molecule has 0 unspecified atom stereocenters. The number of aryl methyl sites for hydroxylation is 1. The van der Waals surface area contributed by atoms with Crippen LogP contribution in [-0.4, -0.2) is 50.9 Å². The van der Waals surface area contributed by atoms with Gasteiger partial charge in [0, 0.05) is 30.2 Å². The number of nitrogens with one attached hydrogen (secondary N) is 1. The molecule has 0 aromatic carbocycles. The van der Waals surface area contributed by atoms with E-state index in [-0.39, 0.29) is 5.91 Å². The summed E-state index contributed by atoms with van der Waals surface area (Å²) in [5.74, 6) is 0.712. The Balaban J connectivity index is 1.51. The van der Waals surface area contributed by atoms with Gasteiger partial charge in [0.25, 0.3) is 5.91 Å². The van der Waals surface area contributed by atoms with E-state index in [1.54, 1.807) is 31.5 Å². The van der Waals surface area contributed by atoms with E-state index in [1.807, 2.05) is 16.9 Å². The van der Waals surface area contributed by atoms with Crippen molar-refractivity contribution >= 4 is 11.7 Å². The number of pyridine rings is 1. The number of rotatable bonds is 4. The molecule has 3 aromatic rings. The van der Waals surface area contributed by atoms with Gasteiger partial charge in [0.15, 0.2) is 5.82 Å². The summed E-state index contributed by atoms with van der Waals surface area (Å²) in [7, 11) is 2.13. The van der Waals surface area contributed by atoms with Crippen LogP contribution in [0.3, 0.4) is 0 Å². The fraction of sp³-hybridized carbons (Fsp3) is 0.368. The van der Waals surface area contributed by atoms with Crippen molar-refractivity contribution in [2.45, 2.75) is 25.8 Å². The van der Waals surface area contributed by atoms with E-state index < -0.39 is 0 Å². The number of nitrogens with zero attached hydrogens (tertiary/aromatic N) is 5. The van der Waals surface area contributed by atoms with E-state index in [4.69, 9.17) is 4.52 Å². The number of hydrogen-bond acceptors (Lipinski definition) is 6. The Hall–Kier alpha value is -3.00. The van der Waals surface area contributed by atoms with Crippen molar-refractivity contribution in [3.05, 3.63) is 48.1 Å². The minimum Gasteiger partial charge on any atom is -0.360 e. The molecule has 1 aliphatic heterocycles. The maximum absolute atomic E-state index is 12.8. The first-order valence-corrected chi connectivity index (χ1v) is 9.03. The van der Waals surface area contributed by atoms with Crippen molar-refractivity contribution in [3.8, 4) is 11.3 Å². The van der Waals surface area contributed by atoms with Gasteiger partial charge in [-0.3, -0.25) is 14.5 Å². The predicted octanol–water partition coefficient (Wildman–Crippen LogP) is 2.76. The van der Waals surface area contributed by atoms with Gasteiger partial charge in [0.2, 0.25) is 0 Å². The predicted molar refractivity (Wildman–Crippen MR) is 100 cm³/mol. The van der Waals surface area contributed by atoms with Gasteiger partial charge in [-0.25, -0.2) is 0 Å². The Morgan fingerprint density at radius 2 is 1.96 bits per heavy atom. The third-order valence-corrected chi connectivity index (χ3v) is 4.96. The molecule has 0 bridgehead atoms. The lowest BCUT2D eigenvalue weighted by molar-refractivity contribution is 0.102. The van der Waals surface area contributed by atoms with Gasteiger partial charge in [-0.2, -0.15) is 5.10 Å². The second-order valence-corrected chi connectivity index (χ2v) is 6.87. The number of aromatic nitrogens is 4. The van der Waals surface area contributed by atoms with Gasteiger partial charge in [0.1, 0.15) is 17.0 Å². The van der Waals surface area contributed by atoms with Crippen LogP contribution in [0.4, 0.5) is 5.82 Å². The molecular formula is C19H22N6O2. The molecular weight excluding hydrogens is 344 g/mol. The first kappa shape index (κ1) is 17.4. The number of hydrogen-bond donors (Lipinski definition) is 1. The van der Waals surface area contributed by atoms with E-state index in [2.05, 4.69) is 32.5 Å². The number of anilines is 1. The average molecular weight is 366 g/mol. The summed E-state index contributed by atoms with van der Waals surface area (Å²) in [6.07, 6.45) is 7.36. The first-order chi connectivity index (χ1) is 13.1. The Labute approximate surface area is 157 Å². The summed E-state index contributed by atoms with van der Waals surface area (Å²) in [6.45, 7) is 3.84. The number of likely N-dealkylation sites (tertiary alicyclic amines) is 1. The molecule has 27 heavy (non-hydrogen) atoms. The molecule has 1 aliphatic rings. The fourth-order valence-corrected chi connectivity index (χ4v) is 3.39. The second kappa shape index (κ2) is 7.32. The lowest BCUT2D eigenvalue weighted by Crippen LogP contribution is -2.31. The van der Waals surface area contributed by atoms with Crippen LogP contribution >= 0.6 is 0 Å². The Morgan fingerprint density at radius 3 is 2.70 bits per heavy atom. The minimum absolute atomic E-state index is 0.283. The van der Waals surface area contributed by atoms with Gasteiger partial charge in [-0.15, -0.1) is 0 Å². The zero-order valence-electron chi connectivity index (χ0n) is 15.4. The highest BCUT2D eigenvalue weighted by Crippen LogP contribution is 2.26. The van der Waals surface area contributed by atoms with Crippen molar-refractivity contribution in [2.75, 3.05) is 25.5 Å². The van der Waals surface area contributed by atoms with Crippen LogP contribution in [0, 0.1) is 6.92 Å². The normalized spacial score (nSPS) is 15.8. The zero-order chi connectivity index (χ0) is 18.8. The zero-order valence-corrected chi connectivity index (χ0v) is 15.4. The molecule has 0 saturated carbocycles. The Bertz CT molecular complexity index is 925. The molecule has 1 N–H and O–H groups in total. The molecule has 140 valence electrons. The summed E-state index contributed by atoms with van der Waals surface area (Å²) in [6, 6.07) is 5.79. The quantitative estimate of drug-likeness (QED) is 0.764. The summed E-state index contributed by atoms with van der Waals surface area (Å²) in [5, 5.41) is 11.5. The molecule has 1 fully saturated rings. The molecule has 0 spiro atoms. The van der Waals surface area contributed by atoms with Gasteiger partial charge < -0.3 is 14.7 Å². The van der Waals surface area contributed by atoms with Crippen molar-refractivity contribution in [3.63, 3.8) is 0 Å². The summed E-state index contributed by atoms with van der Waals surface area (Å²) < 4.78 is 7.21. The van der Waals surface area contributed by atoms with Crippen molar-refractivity contribution < 1.29 is 9.32 Å². The van der Waals surface area contributed by atoms with Crippen molar-refractivity contribution in [1.82, 2.24) is 24.8 Å². The van der Waals surface area contributed by atoms with E-state index >= 15 is 0 Å². The van der Waals surface area contributed by atoms with Crippen LogP contribution in [0.15, 0.2) is 41.3 Å². The van der Waals surface area contributed by atoms with Crippen LogP contribution < -0.4 is 5.32 Å². The summed E-state index contributed by atoms with van der Waals surface area (Å²) >= 11 is 0. The standard InChI is InChI=1S/C19H22N6O2/c1-13-17(18(23-27-13)14-3-8-20-9-4-14)19(26)21-16-7-12-25(22-16)15-5-10-24(2)11-6-15/h3-4,7-9,12,15H,5-6,10-11H2,1-2H3,(H,21,22,26). The summed E-state index contributed by atoms with van der Waals surface area (Å²) in [5.41, 5.74) is 1.70. The molecule has 0 atom stereocenters. The Kier molecular flexibility index (Phi) is 4.72. The van der Waals surface area contributed by atoms with E-state index in [0.29, 0.717) is 28.9 Å². The monoisotopic (exact) mass is 366 g/mol. The van der Waals surface area contributed by atoms with Crippen molar-refractivity contribution in [1.29, 1.82) is 0 Å². The highest BCUT2D eigenvalue weighted by atomic mass is 16.5. The van der Waals surface area contributed by atoms with Gasteiger partial charge in [0.05, 0.1) is 6.04 Å². The number of carbonyl (C=O) groups is 1. The van der Waals surface area contributed by atoms with Crippen LogP contribution in [0.25, 0.3) is 11.3 Å². The van der Waals surface area contributed by atoms with Crippen molar-refractivity contribution in [2.24, 2.45) is 0 Å². The lowest BCUT2D eigenvalue weighted by Gasteiger charge is -2.28. The number of piperidine rings is 1. The Morgan fingerprint density at radius 1 is 1.22 bits per heavy atom. The molecule has 4 heterocycles. The minimum atomic E-state index is -0.283. The fourth-order valence-electron chi connectivity index (χ4n) is 3.39. The first-order valence-electron chi connectivity index (χ1n) is 9.03. The highest BCUT2D eigenvalue weighted by molar-refractivity contribution is 6.08. The van der Waals surface area contributed by atoms with Crippen LogP contribution in [0.1, 0.15) is 35.0 Å². The van der Waals surface area contributed by atoms with E-state index in [1.165, 1.54) is 0 Å². The van der Waals surface area contributed by atoms with Crippen LogP contribution in [-0.2, 0) is 0 Å². The highest BCUT2D eigenvalue weighted by Gasteiger charge is 2.23. The number of amides is 1. The molecule has 3 aromatic heterocycles. The van der Waals surface area contributed by atoms with Crippen LogP contribution in [0.5, 0.6) is 0 Å². The van der Waals surface area contributed by atoms with Gasteiger partial charge in [-0.1, -0.05) is 5.16 Å². The van der Waals surface area contributed by atoms with Gasteiger partial charge in [-0.05, 0) is 52.0 Å². The molecule has 0 radical (unpaired) electrons. The molecule has 4 rings (SSSR count). The largest absolute Gasteiger partial charge is 0.360 e. The molecule has 1 amide bonds. The van der Waals surface area contributed by atoms with Crippen LogP contribution in [0.2, 0.25) is 0 Å². The average Bonchev–Trinajstić information content (AvgIpc) is 3.30. The second-order valence-electron chi connectivity index (χ2n) is 6.87. The smallest absolute Gasteiger partial charge is 0.262 e. The topological polar surface area (TPSA) is 89.1 Å². The molecule has 8 heteroatoms. The van der Waals surface area contributed by atoms with Gasteiger partial charge >= 0.3 is 0 Å².